The van der Waals surface area contributed by atoms with E-state index >= 15 is 0 Å². The Labute approximate surface area is 122 Å². The molecule has 110 valence electrons. The van der Waals surface area contributed by atoms with Crippen molar-refractivity contribution < 1.29 is 13.6 Å². The Morgan fingerprint density at radius 1 is 1.05 bits per heavy atom. The lowest BCUT2D eigenvalue weighted by Crippen LogP contribution is -2.38. The Bertz CT molecular complexity index is 584. The number of alkyl halides is 2. The van der Waals surface area contributed by atoms with Gasteiger partial charge in [0.05, 0.1) is 0 Å². The van der Waals surface area contributed by atoms with Crippen LogP contribution < -0.4 is 5.32 Å². The normalized spacial score (nSPS) is 12.7. The molecule has 2 aromatic carbocycles. The second-order valence-electron chi connectivity index (χ2n) is 4.75. The van der Waals surface area contributed by atoms with Gasteiger partial charge in [-0.2, -0.15) is 8.78 Å². The molecular formula is C17H17F2NO. The fourth-order valence-corrected chi connectivity index (χ4v) is 2.12. The van der Waals surface area contributed by atoms with Crippen molar-refractivity contribution in [1.29, 1.82) is 0 Å². The summed E-state index contributed by atoms with van der Waals surface area (Å²) in [6.45, 7) is 1.64. The number of carbonyl (C=O) groups is 1. The molecular weight excluding hydrogens is 272 g/mol. The van der Waals surface area contributed by atoms with Crippen LogP contribution in [0.5, 0.6) is 0 Å². The molecule has 0 saturated carbocycles. The van der Waals surface area contributed by atoms with Crippen LogP contribution in [0.25, 0.3) is 0 Å². The van der Waals surface area contributed by atoms with Crippen LogP contribution in [0.3, 0.4) is 0 Å². The quantitative estimate of drug-likeness (QED) is 0.884. The standard InChI is InChI=1S/C17H17F2NO/c1-2-15(21)20-16(13-9-5-3-6-10-13)17(18,19)14-11-7-4-8-12-14/h3-12,16H,2H2,1H3,(H,20,21). The van der Waals surface area contributed by atoms with Gasteiger partial charge in [0.25, 0.3) is 5.92 Å². The zero-order chi connectivity index (χ0) is 15.3. The van der Waals surface area contributed by atoms with Crippen LogP contribution in [-0.2, 0) is 10.7 Å². The van der Waals surface area contributed by atoms with Gasteiger partial charge in [-0.05, 0) is 5.56 Å². The minimum atomic E-state index is -3.19. The van der Waals surface area contributed by atoms with Crippen LogP contribution in [0.1, 0.15) is 30.5 Å². The van der Waals surface area contributed by atoms with Gasteiger partial charge in [0.15, 0.2) is 0 Å². The van der Waals surface area contributed by atoms with Gasteiger partial charge >= 0.3 is 0 Å². The fraction of sp³-hybridized carbons (Fsp3) is 0.235. The molecule has 0 fully saturated rings. The number of hydrogen-bond donors (Lipinski definition) is 1. The van der Waals surface area contributed by atoms with E-state index in [1.807, 2.05) is 0 Å². The molecule has 1 amide bonds. The first-order valence-corrected chi connectivity index (χ1v) is 6.83. The van der Waals surface area contributed by atoms with Gasteiger partial charge in [-0.3, -0.25) is 4.79 Å². The van der Waals surface area contributed by atoms with E-state index in [-0.39, 0.29) is 12.0 Å². The molecule has 1 atom stereocenters. The predicted octanol–water partition coefficient (Wildman–Crippen LogP) is 4.05. The van der Waals surface area contributed by atoms with Gasteiger partial charge in [0.2, 0.25) is 5.91 Å². The second-order valence-corrected chi connectivity index (χ2v) is 4.75. The Hall–Kier alpha value is -2.23. The first kappa shape index (κ1) is 15.2. The van der Waals surface area contributed by atoms with Gasteiger partial charge in [-0.1, -0.05) is 67.6 Å². The van der Waals surface area contributed by atoms with Crippen LogP contribution in [0.2, 0.25) is 0 Å². The smallest absolute Gasteiger partial charge is 0.297 e. The zero-order valence-corrected chi connectivity index (χ0v) is 11.7. The van der Waals surface area contributed by atoms with Crippen molar-refractivity contribution in [2.24, 2.45) is 0 Å². The Morgan fingerprint density at radius 2 is 1.57 bits per heavy atom. The third-order valence-electron chi connectivity index (χ3n) is 3.28. The topological polar surface area (TPSA) is 29.1 Å². The third kappa shape index (κ3) is 3.45. The van der Waals surface area contributed by atoms with Gasteiger partial charge in [-0.15, -0.1) is 0 Å². The maximum absolute atomic E-state index is 14.8. The van der Waals surface area contributed by atoms with Crippen LogP contribution in [0.15, 0.2) is 60.7 Å². The molecule has 0 aromatic heterocycles. The molecule has 0 aliphatic rings. The molecule has 0 aliphatic carbocycles. The molecule has 0 bridgehead atoms. The van der Waals surface area contributed by atoms with Crippen LogP contribution in [0.4, 0.5) is 8.78 Å². The SMILES string of the molecule is CCC(=O)NC(c1ccccc1)C(F)(F)c1ccccc1. The van der Waals surface area contributed by atoms with Crippen LogP contribution >= 0.6 is 0 Å². The van der Waals surface area contributed by atoms with E-state index in [9.17, 15) is 13.6 Å². The maximum atomic E-state index is 14.8. The lowest BCUT2D eigenvalue weighted by atomic mass is 9.94. The van der Waals surface area contributed by atoms with E-state index in [1.165, 1.54) is 12.1 Å². The summed E-state index contributed by atoms with van der Waals surface area (Å²) in [5.41, 5.74) is 0.267. The number of benzene rings is 2. The number of halogens is 2. The monoisotopic (exact) mass is 289 g/mol. The molecule has 21 heavy (non-hydrogen) atoms. The van der Waals surface area contributed by atoms with Gasteiger partial charge in [0.1, 0.15) is 6.04 Å². The third-order valence-corrected chi connectivity index (χ3v) is 3.28. The maximum Gasteiger partial charge on any atom is 0.297 e. The molecule has 0 radical (unpaired) electrons. The summed E-state index contributed by atoms with van der Waals surface area (Å²) in [6, 6.07) is 14.5. The van der Waals surface area contributed by atoms with Crippen molar-refractivity contribution in [3.63, 3.8) is 0 Å². The van der Waals surface area contributed by atoms with E-state index < -0.39 is 17.9 Å². The first-order chi connectivity index (χ1) is 10.1. The number of amides is 1. The number of carbonyl (C=O) groups excluding carboxylic acids is 1. The van der Waals surface area contributed by atoms with Crippen molar-refractivity contribution in [2.75, 3.05) is 0 Å². The van der Waals surface area contributed by atoms with E-state index in [1.54, 1.807) is 55.5 Å². The number of hydrogen-bond acceptors (Lipinski definition) is 1. The molecule has 1 unspecified atom stereocenters. The number of rotatable bonds is 5. The van der Waals surface area contributed by atoms with E-state index in [4.69, 9.17) is 0 Å². The Morgan fingerprint density at radius 3 is 2.10 bits per heavy atom. The minimum absolute atomic E-state index is 0.116. The average Bonchev–Trinajstić information content (AvgIpc) is 2.53. The second kappa shape index (κ2) is 6.48. The predicted molar refractivity (Wildman–Crippen MR) is 78.0 cm³/mol. The molecule has 4 heteroatoms. The highest BCUT2D eigenvalue weighted by Crippen LogP contribution is 2.40. The number of nitrogens with one attached hydrogen (secondary N) is 1. The summed E-state index contributed by atoms with van der Waals surface area (Å²) in [6.07, 6.45) is 0.161. The van der Waals surface area contributed by atoms with Crippen LogP contribution in [-0.4, -0.2) is 5.91 Å². The largest absolute Gasteiger partial charge is 0.343 e. The summed E-state index contributed by atoms with van der Waals surface area (Å²) in [4.78, 5) is 11.6. The van der Waals surface area contributed by atoms with E-state index in [0.29, 0.717) is 5.56 Å². The molecule has 1 N–H and O–H groups in total. The molecule has 0 spiro atoms. The Kier molecular flexibility index (Phi) is 4.68. The molecule has 2 rings (SSSR count). The fourth-order valence-electron chi connectivity index (χ4n) is 2.12. The van der Waals surface area contributed by atoms with Gasteiger partial charge in [0, 0.05) is 12.0 Å². The lowest BCUT2D eigenvalue weighted by Gasteiger charge is -2.28. The molecule has 2 aromatic rings. The molecule has 2 nitrogen and oxygen atoms in total. The van der Waals surface area contributed by atoms with Crippen molar-refractivity contribution >= 4 is 5.91 Å². The van der Waals surface area contributed by atoms with Gasteiger partial charge < -0.3 is 5.32 Å². The van der Waals surface area contributed by atoms with Crippen molar-refractivity contribution in [1.82, 2.24) is 5.32 Å². The Balaban J connectivity index is 2.41. The molecule has 0 aliphatic heterocycles. The lowest BCUT2D eigenvalue weighted by molar-refractivity contribution is -0.126. The molecule has 0 heterocycles. The highest BCUT2D eigenvalue weighted by Gasteiger charge is 2.43. The van der Waals surface area contributed by atoms with E-state index in [2.05, 4.69) is 5.32 Å². The highest BCUT2D eigenvalue weighted by atomic mass is 19.3. The first-order valence-electron chi connectivity index (χ1n) is 6.83. The van der Waals surface area contributed by atoms with Crippen LogP contribution in [0, 0.1) is 0 Å². The zero-order valence-electron chi connectivity index (χ0n) is 11.7. The van der Waals surface area contributed by atoms with Gasteiger partial charge in [-0.25, -0.2) is 0 Å². The summed E-state index contributed by atoms with van der Waals surface area (Å²) in [5, 5.41) is 2.43. The average molecular weight is 289 g/mol. The van der Waals surface area contributed by atoms with Crippen molar-refractivity contribution in [3.05, 3.63) is 71.8 Å². The summed E-state index contributed by atoms with van der Waals surface area (Å²) >= 11 is 0. The highest BCUT2D eigenvalue weighted by molar-refractivity contribution is 5.76. The summed E-state index contributed by atoms with van der Waals surface area (Å²) in [5.74, 6) is -3.59. The van der Waals surface area contributed by atoms with Crippen molar-refractivity contribution in [3.8, 4) is 0 Å². The van der Waals surface area contributed by atoms with Crippen molar-refractivity contribution in [2.45, 2.75) is 25.3 Å². The molecule has 0 saturated heterocycles. The summed E-state index contributed by atoms with van der Waals surface area (Å²) < 4.78 is 29.6. The summed E-state index contributed by atoms with van der Waals surface area (Å²) in [7, 11) is 0. The van der Waals surface area contributed by atoms with E-state index in [0.717, 1.165) is 0 Å². The minimum Gasteiger partial charge on any atom is -0.343 e.